The molecule has 0 radical (unpaired) electrons. The van der Waals surface area contributed by atoms with Crippen molar-refractivity contribution in [1.29, 1.82) is 0 Å². The van der Waals surface area contributed by atoms with E-state index in [4.69, 9.17) is 11.6 Å². The minimum Gasteiger partial charge on any atom is -0.355 e. The molecule has 0 spiro atoms. The summed E-state index contributed by atoms with van der Waals surface area (Å²) in [5.74, 6) is 0. The fraction of sp³-hybridized carbons (Fsp3) is 0.222. The van der Waals surface area contributed by atoms with E-state index in [1.807, 2.05) is 42.5 Å². The summed E-state index contributed by atoms with van der Waals surface area (Å²) < 4.78 is 28.9. The first-order valence-electron chi connectivity index (χ1n) is 11.7. The zero-order valence-electron chi connectivity index (χ0n) is 19.2. The lowest BCUT2D eigenvalue weighted by Gasteiger charge is -2.32. The van der Waals surface area contributed by atoms with Crippen molar-refractivity contribution in [3.05, 3.63) is 95.6 Å². The standard InChI is InChI=1S/C27H27ClN4O2S/c28-21-6-11-25-26(12-15-29-27(25)18-21)30-22-7-9-24(10-8-22)35(33,34)31-23-13-16-32(17-14-23)19-20-4-2-1-3-5-20/h1-12,15,18,23,31H,13-14,16-17,19H2,(H,29,30). The number of nitrogens with one attached hydrogen (secondary N) is 2. The lowest BCUT2D eigenvalue weighted by molar-refractivity contribution is 0.200. The van der Waals surface area contributed by atoms with Gasteiger partial charge in [-0.2, -0.15) is 0 Å². The van der Waals surface area contributed by atoms with Crippen LogP contribution in [-0.2, 0) is 16.6 Å². The molecule has 0 amide bonds. The maximum absolute atomic E-state index is 13.0. The number of anilines is 2. The van der Waals surface area contributed by atoms with E-state index in [1.165, 1.54) is 5.56 Å². The lowest BCUT2D eigenvalue weighted by Crippen LogP contribution is -2.44. The third-order valence-electron chi connectivity index (χ3n) is 6.31. The van der Waals surface area contributed by atoms with Gasteiger partial charge in [-0.05, 0) is 66.9 Å². The molecule has 35 heavy (non-hydrogen) atoms. The second kappa shape index (κ2) is 10.3. The van der Waals surface area contributed by atoms with Crippen molar-refractivity contribution in [2.75, 3.05) is 18.4 Å². The van der Waals surface area contributed by atoms with Crippen molar-refractivity contribution in [3.8, 4) is 0 Å². The first kappa shape index (κ1) is 23.8. The Labute approximate surface area is 211 Å². The number of hydrogen-bond acceptors (Lipinski definition) is 5. The smallest absolute Gasteiger partial charge is 0.240 e. The van der Waals surface area contributed by atoms with Crippen LogP contribution in [0.4, 0.5) is 11.4 Å². The monoisotopic (exact) mass is 506 g/mol. The molecular formula is C27H27ClN4O2S. The van der Waals surface area contributed by atoms with Gasteiger partial charge in [-0.25, -0.2) is 13.1 Å². The van der Waals surface area contributed by atoms with Crippen LogP contribution in [0.3, 0.4) is 0 Å². The summed E-state index contributed by atoms with van der Waals surface area (Å²) in [5.41, 5.74) is 3.74. The molecule has 1 aliphatic heterocycles. The number of sulfonamides is 1. The highest BCUT2D eigenvalue weighted by Gasteiger charge is 2.24. The van der Waals surface area contributed by atoms with Crippen molar-refractivity contribution in [3.63, 3.8) is 0 Å². The highest BCUT2D eigenvalue weighted by Crippen LogP contribution is 2.27. The van der Waals surface area contributed by atoms with E-state index in [0.29, 0.717) is 5.02 Å². The minimum atomic E-state index is -3.59. The number of nitrogens with zero attached hydrogens (tertiary/aromatic N) is 2. The molecule has 2 N–H and O–H groups in total. The number of benzene rings is 3. The predicted octanol–water partition coefficient (Wildman–Crippen LogP) is 5.57. The van der Waals surface area contributed by atoms with E-state index in [1.54, 1.807) is 30.5 Å². The van der Waals surface area contributed by atoms with Crippen molar-refractivity contribution >= 4 is 43.9 Å². The normalized spacial score (nSPS) is 15.3. The molecule has 180 valence electrons. The van der Waals surface area contributed by atoms with Crippen molar-refractivity contribution < 1.29 is 8.42 Å². The Bertz CT molecular complexity index is 1400. The van der Waals surface area contributed by atoms with Gasteiger partial charge in [0.25, 0.3) is 0 Å². The number of aromatic nitrogens is 1. The number of likely N-dealkylation sites (tertiary alicyclic amines) is 1. The second-order valence-electron chi connectivity index (χ2n) is 8.83. The van der Waals surface area contributed by atoms with Crippen LogP contribution in [0.15, 0.2) is 90.0 Å². The molecule has 0 unspecified atom stereocenters. The van der Waals surface area contributed by atoms with Crippen LogP contribution < -0.4 is 10.0 Å². The number of rotatable bonds is 7. The average Bonchev–Trinajstić information content (AvgIpc) is 2.86. The van der Waals surface area contributed by atoms with E-state index in [-0.39, 0.29) is 10.9 Å². The van der Waals surface area contributed by atoms with E-state index < -0.39 is 10.0 Å². The summed E-state index contributed by atoms with van der Waals surface area (Å²) in [7, 11) is -3.59. The molecule has 1 aromatic heterocycles. The van der Waals surface area contributed by atoms with Gasteiger partial charge in [-0.3, -0.25) is 9.88 Å². The third kappa shape index (κ3) is 5.82. The van der Waals surface area contributed by atoms with Gasteiger partial charge in [0.15, 0.2) is 0 Å². The molecule has 0 saturated carbocycles. The third-order valence-corrected chi connectivity index (χ3v) is 8.08. The molecule has 5 rings (SSSR count). The van der Waals surface area contributed by atoms with Crippen molar-refractivity contribution in [2.45, 2.75) is 30.3 Å². The molecule has 8 heteroatoms. The van der Waals surface area contributed by atoms with E-state index in [2.05, 4.69) is 32.1 Å². The van der Waals surface area contributed by atoms with Gasteiger partial charge in [0.1, 0.15) is 0 Å². The number of piperidine rings is 1. The van der Waals surface area contributed by atoms with E-state index >= 15 is 0 Å². The van der Waals surface area contributed by atoms with Gasteiger partial charge in [-0.15, -0.1) is 0 Å². The topological polar surface area (TPSA) is 74.3 Å². The molecule has 1 aliphatic rings. The molecule has 0 bridgehead atoms. The quantitative estimate of drug-likeness (QED) is 0.342. The summed E-state index contributed by atoms with van der Waals surface area (Å²) in [4.78, 5) is 6.99. The summed E-state index contributed by atoms with van der Waals surface area (Å²) in [6, 6.07) is 24.6. The largest absolute Gasteiger partial charge is 0.355 e. The zero-order valence-corrected chi connectivity index (χ0v) is 20.8. The average molecular weight is 507 g/mol. The van der Waals surface area contributed by atoms with Crippen LogP contribution >= 0.6 is 11.6 Å². The summed E-state index contributed by atoms with van der Waals surface area (Å²) in [6.45, 7) is 2.64. The van der Waals surface area contributed by atoms with Gasteiger partial charge >= 0.3 is 0 Å². The van der Waals surface area contributed by atoms with Crippen LogP contribution in [-0.4, -0.2) is 37.4 Å². The van der Waals surface area contributed by atoms with Crippen LogP contribution in [0.1, 0.15) is 18.4 Å². The maximum Gasteiger partial charge on any atom is 0.240 e. The minimum absolute atomic E-state index is 0.0557. The molecule has 3 aromatic carbocycles. The van der Waals surface area contributed by atoms with Crippen molar-refractivity contribution in [2.24, 2.45) is 0 Å². The fourth-order valence-electron chi connectivity index (χ4n) is 4.44. The summed E-state index contributed by atoms with van der Waals surface area (Å²) in [5, 5.41) is 4.92. The first-order valence-corrected chi connectivity index (χ1v) is 13.5. The van der Waals surface area contributed by atoms with Crippen LogP contribution in [0.25, 0.3) is 10.9 Å². The molecule has 0 atom stereocenters. The Kier molecular flexibility index (Phi) is 7.02. The number of pyridine rings is 1. The second-order valence-corrected chi connectivity index (χ2v) is 11.0. The number of hydrogen-bond donors (Lipinski definition) is 2. The summed E-state index contributed by atoms with van der Waals surface area (Å²) >= 11 is 6.08. The van der Waals surface area contributed by atoms with Crippen LogP contribution in [0.5, 0.6) is 0 Å². The highest BCUT2D eigenvalue weighted by molar-refractivity contribution is 7.89. The predicted molar refractivity (Wildman–Crippen MR) is 142 cm³/mol. The highest BCUT2D eigenvalue weighted by atomic mass is 35.5. The Morgan fingerprint density at radius 1 is 0.943 bits per heavy atom. The molecule has 1 fully saturated rings. The zero-order chi connectivity index (χ0) is 24.3. The molecular weight excluding hydrogens is 480 g/mol. The van der Waals surface area contributed by atoms with Gasteiger partial charge in [0.2, 0.25) is 10.0 Å². The van der Waals surface area contributed by atoms with E-state index in [0.717, 1.165) is 54.8 Å². The molecule has 4 aromatic rings. The molecule has 6 nitrogen and oxygen atoms in total. The number of fused-ring (bicyclic) bond motifs is 1. The first-order chi connectivity index (χ1) is 17.0. The van der Waals surface area contributed by atoms with Gasteiger partial charge < -0.3 is 5.32 Å². The van der Waals surface area contributed by atoms with Crippen LogP contribution in [0, 0.1) is 0 Å². The molecule has 1 saturated heterocycles. The Morgan fingerprint density at radius 3 is 2.43 bits per heavy atom. The maximum atomic E-state index is 13.0. The summed E-state index contributed by atoms with van der Waals surface area (Å²) in [6.07, 6.45) is 3.31. The Morgan fingerprint density at radius 2 is 1.69 bits per heavy atom. The molecule has 0 aliphatic carbocycles. The SMILES string of the molecule is O=S(=O)(NC1CCN(Cc2ccccc2)CC1)c1ccc(Nc2ccnc3cc(Cl)ccc23)cc1. The molecule has 2 heterocycles. The van der Waals surface area contributed by atoms with Crippen LogP contribution in [0.2, 0.25) is 5.02 Å². The van der Waals surface area contributed by atoms with Gasteiger partial charge in [-0.1, -0.05) is 41.9 Å². The number of halogens is 1. The van der Waals surface area contributed by atoms with E-state index in [9.17, 15) is 8.42 Å². The van der Waals surface area contributed by atoms with Gasteiger partial charge in [0.05, 0.1) is 10.4 Å². The Balaban J connectivity index is 1.20. The van der Waals surface area contributed by atoms with Gasteiger partial charge in [0, 0.05) is 53.7 Å². The lowest BCUT2D eigenvalue weighted by atomic mass is 10.1. The van der Waals surface area contributed by atoms with Crippen molar-refractivity contribution in [1.82, 2.24) is 14.6 Å². The Hall–Kier alpha value is -2.97. The fourth-order valence-corrected chi connectivity index (χ4v) is 5.91.